The van der Waals surface area contributed by atoms with Gasteiger partial charge >= 0.3 is 0 Å². The topological polar surface area (TPSA) is 80.0 Å². The number of nitrogens with one attached hydrogen (secondary N) is 2. The fourth-order valence-corrected chi connectivity index (χ4v) is 3.71. The predicted molar refractivity (Wildman–Crippen MR) is 97.7 cm³/mol. The highest BCUT2D eigenvalue weighted by Gasteiger charge is 2.29. The summed E-state index contributed by atoms with van der Waals surface area (Å²) in [4.78, 5) is 16.7. The van der Waals surface area contributed by atoms with Crippen molar-refractivity contribution in [2.24, 2.45) is 0 Å². The minimum atomic E-state index is -0.857. The lowest BCUT2D eigenvalue weighted by atomic mass is 9.86. The Hall–Kier alpha value is -2.35. The average molecular weight is 390 g/mol. The van der Waals surface area contributed by atoms with Crippen LogP contribution in [0.5, 0.6) is 0 Å². The zero-order valence-electron chi connectivity index (χ0n) is 15.6. The third-order valence-corrected chi connectivity index (χ3v) is 5.42. The van der Waals surface area contributed by atoms with Crippen LogP contribution in [-0.4, -0.2) is 35.2 Å². The number of aryl methyl sites for hydroxylation is 1. The Morgan fingerprint density at radius 2 is 2.11 bits per heavy atom. The number of halogens is 2. The maximum atomic E-state index is 13.6. The molecular formula is C20H24F2N4O2. The van der Waals surface area contributed by atoms with Crippen LogP contribution in [0.15, 0.2) is 22.7 Å². The van der Waals surface area contributed by atoms with Crippen LogP contribution >= 0.6 is 0 Å². The highest BCUT2D eigenvalue weighted by Crippen LogP contribution is 2.38. The van der Waals surface area contributed by atoms with E-state index in [9.17, 15) is 13.6 Å². The first kappa shape index (κ1) is 19.0. The van der Waals surface area contributed by atoms with Crippen LogP contribution < -0.4 is 10.6 Å². The molecule has 1 aliphatic carbocycles. The van der Waals surface area contributed by atoms with Crippen LogP contribution in [-0.2, 0) is 11.2 Å². The minimum absolute atomic E-state index is 0.0441. The summed E-state index contributed by atoms with van der Waals surface area (Å²) in [6.45, 7) is 1.38. The number of aromatic nitrogens is 2. The molecule has 2 fully saturated rings. The number of piperidine rings is 1. The van der Waals surface area contributed by atoms with Crippen LogP contribution in [0.1, 0.15) is 61.2 Å². The van der Waals surface area contributed by atoms with Crippen molar-refractivity contribution < 1.29 is 18.1 Å². The van der Waals surface area contributed by atoms with Gasteiger partial charge in [-0.2, -0.15) is 4.98 Å². The summed E-state index contributed by atoms with van der Waals surface area (Å²) in [5.41, 5.74) is 0.712. The summed E-state index contributed by atoms with van der Waals surface area (Å²) >= 11 is 0. The van der Waals surface area contributed by atoms with Crippen LogP contribution in [0, 0.1) is 11.6 Å². The van der Waals surface area contributed by atoms with Gasteiger partial charge in [-0.15, -0.1) is 0 Å². The van der Waals surface area contributed by atoms with Gasteiger partial charge in [-0.05, 0) is 49.9 Å². The van der Waals surface area contributed by atoms with Crippen molar-refractivity contribution in [1.29, 1.82) is 0 Å². The first-order chi connectivity index (χ1) is 13.6. The summed E-state index contributed by atoms with van der Waals surface area (Å²) in [6.07, 6.45) is 4.53. The molecule has 1 amide bonds. The SMILES string of the molecule is O=C(CCCc1nc(C2CC2)no1)NC1CNCCC1c1ccc(F)c(F)c1. The van der Waals surface area contributed by atoms with E-state index in [0.717, 1.165) is 37.7 Å². The van der Waals surface area contributed by atoms with E-state index in [1.807, 2.05) is 0 Å². The van der Waals surface area contributed by atoms with Crippen molar-refractivity contribution in [3.8, 4) is 0 Å². The van der Waals surface area contributed by atoms with Crippen molar-refractivity contribution in [1.82, 2.24) is 20.8 Å². The molecule has 1 saturated carbocycles. The van der Waals surface area contributed by atoms with Gasteiger partial charge in [0.1, 0.15) is 0 Å². The van der Waals surface area contributed by atoms with Gasteiger partial charge in [0.15, 0.2) is 17.5 Å². The Bertz CT molecular complexity index is 837. The molecule has 2 N–H and O–H groups in total. The molecule has 2 aromatic rings. The van der Waals surface area contributed by atoms with Gasteiger partial charge in [-0.3, -0.25) is 4.79 Å². The van der Waals surface area contributed by atoms with Crippen molar-refractivity contribution >= 4 is 5.91 Å². The lowest BCUT2D eigenvalue weighted by molar-refractivity contribution is -0.122. The van der Waals surface area contributed by atoms with E-state index in [0.29, 0.717) is 43.2 Å². The molecule has 1 aromatic heterocycles. The van der Waals surface area contributed by atoms with E-state index in [2.05, 4.69) is 20.8 Å². The second-order valence-corrected chi connectivity index (χ2v) is 7.62. The van der Waals surface area contributed by atoms with Gasteiger partial charge in [0.25, 0.3) is 0 Å². The third-order valence-electron chi connectivity index (χ3n) is 5.42. The van der Waals surface area contributed by atoms with Gasteiger partial charge in [-0.1, -0.05) is 11.2 Å². The van der Waals surface area contributed by atoms with Crippen LogP contribution in [0.3, 0.4) is 0 Å². The largest absolute Gasteiger partial charge is 0.351 e. The molecule has 0 spiro atoms. The molecule has 1 aromatic carbocycles. The molecule has 2 heterocycles. The molecule has 0 bridgehead atoms. The number of amides is 1. The first-order valence-electron chi connectivity index (χ1n) is 9.87. The zero-order valence-corrected chi connectivity index (χ0v) is 15.6. The lowest BCUT2D eigenvalue weighted by Crippen LogP contribution is -2.50. The van der Waals surface area contributed by atoms with E-state index >= 15 is 0 Å². The molecule has 6 nitrogen and oxygen atoms in total. The Morgan fingerprint density at radius 1 is 1.25 bits per heavy atom. The molecule has 1 aliphatic heterocycles. The molecule has 8 heteroatoms. The predicted octanol–water partition coefficient (Wildman–Crippen LogP) is 2.81. The summed E-state index contributed by atoms with van der Waals surface area (Å²) in [7, 11) is 0. The molecule has 2 aliphatic rings. The average Bonchev–Trinajstić information content (AvgIpc) is 3.43. The molecule has 1 saturated heterocycles. The molecule has 150 valence electrons. The summed E-state index contributed by atoms with van der Waals surface area (Å²) in [5.74, 6) is -0.0143. The molecule has 28 heavy (non-hydrogen) atoms. The number of benzene rings is 1. The maximum Gasteiger partial charge on any atom is 0.226 e. The highest BCUT2D eigenvalue weighted by atomic mass is 19.2. The van der Waals surface area contributed by atoms with Crippen molar-refractivity contribution in [2.45, 2.75) is 56.4 Å². The Balaban J connectivity index is 1.29. The van der Waals surface area contributed by atoms with E-state index in [1.54, 1.807) is 6.07 Å². The normalized spacial score (nSPS) is 22.2. The second-order valence-electron chi connectivity index (χ2n) is 7.62. The molecule has 2 unspecified atom stereocenters. The van der Waals surface area contributed by atoms with Gasteiger partial charge in [0.05, 0.1) is 0 Å². The second kappa shape index (κ2) is 8.34. The molecule has 2 atom stereocenters. The summed E-state index contributed by atoms with van der Waals surface area (Å²) in [5, 5.41) is 10.3. The minimum Gasteiger partial charge on any atom is -0.351 e. The van der Waals surface area contributed by atoms with Crippen molar-refractivity contribution in [3.05, 3.63) is 47.1 Å². The number of carbonyl (C=O) groups excluding carboxylic acids is 1. The monoisotopic (exact) mass is 390 g/mol. The van der Waals surface area contributed by atoms with Crippen LogP contribution in [0.2, 0.25) is 0 Å². The smallest absolute Gasteiger partial charge is 0.226 e. The van der Waals surface area contributed by atoms with E-state index in [1.165, 1.54) is 6.07 Å². The van der Waals surface area contributed by atoms with Crippen LogP contribution in [0.4, 0.5) is 8.78 Å². The number of hydrogen-bond donors (Lipinski definition) is 2. The lowest BCUT2D eigenvalue weighted by Gasteiger charge is -2.33. The number of hydrogen-bond acceptors (Lipinski definition) is 5. The molecule has 0 radical (unpaired) electrons. The molecular weight excluding hydrogens is 366 g/mol. The van der Waals surface area contributed by atoms with Crippen LogP contribution in [0.25, 0.3) is 0 Å². The van der Waals surface area contributed by atoms with E-state index in [-0.39, 0.29) is 17.9 Å². The number of carbonyl (C=O) groups is 1. The third kappa shape index (κ3) is 4.55. The quantitative estimate of drug-likeness (QED) is 0.760. The highest BCUT2D eigenvalue weighted by molar-refractivity contribution is 5.76. The number of rotatable bonds is 7. The fourth-order valence-electron chi connectivity index (χ4n) is 3.71. The van der Waals surface area contributed by atoms with E-state index < -0.39 is 11.6 Å². The zero-order chi connectivity index (χ0) is 19.5. The van der Waals surface area contributed by atoms with Gasteiger partial charge in [-0.25, -0.2) is 8.78 Å². The number of nitrogens with zero attached hydrogens (tertiary/aromatic N) is 2. The van der Waals surface area contributed by atoms with Crippen molar-refractivity contribution in [2.75, 3.05) is 13.1 Å². The first-order valence-corrected chi connectivity index (χ1v) is 9.87. The Labute approximate surface area is 162 Å². The Kier molecular flexibility index (Phi) is 5.66. The summed E-state index contributed by atoms with van der Waals surface area (Å²) in [6, 6.07) is 3.82. The van der Waals surface area contributed by atoms with Gasteiger partial charge in [0, 0.05) is 37.3 Å². The molecule has 4 rings (SSSR count). The Morgan fingerprint density at radius 3 is 2.89 bits per heavy atom. The van der Waals surface area contributed by atoms with Gasteiger partial charge < -0.3 is 15.2 Å². The fraction of sp³-hybridized carbons (Fsp3) is 0.550. The summed E-state index contributed by atoms with van der Waals surface area (Å²) < 4.78 is 32.1. The maximum absolute atomic E-state index is 13.6. The van der Waals surface area contributed by atoms with Gasteiger partial charge in [0.2, 0.25) is 11.8 Å². The van der Waals surface area contributed by atoms with Crippen molar-refractivity contribution in [3.63, 3.8) is 0 Å². The van der Waals surface area contributed by atoms with E-state index in [4.69, 9.17) is 4.52 Å². The standard InChI is InChI=1S/C20H24F2N4O2/c21-15-7-6-13(10-16(15)22)14-8-9-23-11-17(14)24-18(27)2-1-3-19-25-20(26-28-19)12-4-5-12/h6-7,10,12,14,17,23H,1-5,8-9,11H2,(H,24,27).